The number of benzene rings is 1. The highest BCUT2D eigenvalue weighted by Crippen LogP contribution is 2.26. The molecule has 0 saturated carbocycles. The van der Waals surface area contributed by atoms with Gasteiger partial charge in [-0.3, -0.25) is 5.10 Å². The van der Waals surface area contributed by atoms with E-state index in [4.69, 9.17) is 4.74 Å². The zero-order valence-corrected chi connectivity index (χ0v) is 8.76. The number of para-hydroxylation sites is 1. The van der Waals surface area contributed by atoms with Crippen molar-refractivity contribution in [3.63, 3.8) is 0 Å². The second kappa shape index (κ2) is 3.38. The van der Waals surface area contributed by atoms with E-state index < -0.39 is 0 Å². The molecule has 0 bridgehead atoms. The van der Waals surface area contributed by atoms with Crippen molar-refractivity contribution in [1.82, 2.24) is 10.2 Å². The lowest BCUT2D eigenvalue weighted by molar-refractivity contribution is 0.419. The highest BCUT2D eigenvalue weighted by atomic mass is 79.9. The summed E-state index contributed by atoms with van der Waals surface area (Å²) in [6, 6.07) is 5.89. The molecule has 4 heteroatoms. The third-order valence-electron chi connectivity index (χ3n) is 1.98. The first kappa shape index (κ1) is 8.56. The van der Waals surface area contributed by atoms with Crippen LogP contribution in [0, 0.1) is 0 Å². The van der Waals surface area contributed by atoms with Gasteiger partial charge >= 0.3 is 0 Å². The van der Waals surface area contributed by atoms with Gasteiger partial charge in [-0.15, -0.1) is 0 Å². The molecule has 0 aliphatic rings. The molecule has 1 heterocycles. The Morgan fingerprint density at radius 2 is 2.38 bits per heavy atom. The van der Waals surface area contributed by atoms with Crippen LogP contribution in [-0.4, -0.2) is 17.3 Å². The van der Waals surface area contributed by atoms with Crippen LogP contribution in [0.4, 0.5) is 0 Å². The minimum Gasteiger partial charge on any atom is -0.494 e. The monoisotopic (exact) mass is 240 g/mol. The molecule has 2 rings (SSSR count). The third kappa shape index (κ3) is 1.31. The number of ether oxygens (including phenoxy) is 1. The van der Waals surface area contributed by atoms with Crippen LogP contribution in [0.5, 0.6) is 5.75 Å². The lowest BCUT2D eigenvalue weighted by Crippen LogP contribution is -1.83. The lowest BCUT2D eigenvalue weighted by atomic mass is 10.2. The van der Waals surface area contributed by atoms with E-state index in [9.17, 15) is 0 Å². The van der Waals surface area contributed by atoms with Crippen molar-refractivity contribution in [1.29, 1.82) is 0 Å². The fourth-order valence-electron chi connectivity index (χ4n) is 1.33. The van der Waals surface area contributed by atoms with Crippen LogP contribution in [0.25, 0.3) is 10.9 Å². The van der Waals surface area contributed by atoms with Gasteiger partial charge in [-0.2, -0.15) is 5.10 Å². The largest absolute Gasteiger partial charge is 0.494 e. The van der Waals surface area contributed by atoms with Gasteiger partial charge in [-0.1, -0.05) is 28.1 Å². The number of nitrogens with one attached hydrogen (secondary N) is 1. The first-order valence-corrected chi connectivity index (χ1v) is 5.05. The average Bonchev–Trinajstić information content (AvgIpc) is 2.60. The zero-order chi connectivity index (χ0) is 9.26. The highest BCUT2D eigenvalue weighted by Gasteiger charge is 2.07. The van der Waals surface area contributed by atoms with Crippen LogP contribution < -0.4 is 4.74 Å². The summed E-state index contributed by atoms with van der Waals surface area (Å²) in [5.74, 6) is 0.806. The van der Waals surface area contributed by atoms with Gasteiger partial charge in [0.15, 0.2) is 0 Å². The zero-order valence-electron chi connectivity index (χ0n) is 7.17. The molecule has 1 N–H and O–H groups in total. The number of alkyl halides is 1. The Morgan fingerprint density at radius 3 is 3.08 bits per heavy atom. The number of fused-ring (bicyclic) bond motifs is 1. The number of nitrogens with zero attached hydrogens (tertiary/aromatic N) is 1. The maximum atomic E-state index is 5.19. The Labute approximate surface area is 84.2 Å². The van der Waals surface area contributed by atoms with Crippen molar-refractivity contribution in [2.45, 2.75) is 5.33 Å². The molecule has 0 saturated heterocycles. The molecule has 68 valence electrons. The predicted molar refractivity (Wildman–Crippen MR) is 55.3 cm³/mol. The van der Waals surface area contributed by atoms with E-state index in [1.54, 1.807) is 7.11 Å². The van der Waals surface area contributed by atoms with Crippen LogP contribution in [0.2, 0.25) is 0 Å². The van der Waals surface area contributed by atoms with Crippen LogP contribution >= 0.6 is 15.9 Å². The SMILES string of the molecule is COc1cccc2c(CBr)[nH]nc12. The molecule has 0 radical (unpaired) electrons. The van der Waals surface area contributed by atoms with E-state index in [2.05, 4.69) is 26.1 Å². The standard InChI is InChI=1S/C9H9BrN2O/c1-13-8-4-2-3-6-7(5-10)11-12-9(6)8/h2-4H,5H2,1H3,(H,11,12). The molecule has 1 aromatic carbocycles. The summed E-state index contributed by atoms with van der Waals surface area (Å²) < 4.78 is 5.19. The predicted octanol–water partition coefficient (Wildman–Crippen LogP) is 2.47. The Morgan fingerprint density at radius 1 is 1.54 bits per heavy atom. The van der Waals surface area contributed by atoms with Crippen molar-refractivity contribution in [2.75, 3.05) is 7.11 Å². The van der Waals surface area contributed by atoms with Crippen LogP contribution in [-0.2, 0) is 5.33 Å². The second-order valence-corrected chi connectivity index (χ2v) is 3.25. The van der Waals surface area contributed by atoms with Crippen molar-refractivity contribution in [2.24, 2.45) is 0 Å². The van der Waals surface area contributed by atoms with Crippen molar-refractivity contribution < 1.29 is 4.74 Å². The number of halogens is 1. The van der Waals surface area contributed by atoms with Crippen LogP contribution in [0.3, 0.4) is 0 Å². The molecule has 0 fully saturated rings. The van der Waals surface area contributed by atoms with E-state index in [1.807, 2.05) is 18.2 Å². The van der Waals surface area contributed by atoms with Crippen LogP contribution in [0.15, 0.2) is 18.2 Å². The summed E-state index contributed by atoms with van der Waals surface area (Å²) in [6.07, 6.45) is 0. The smallest absolute Gasteiger partial charge is 0.146 e. The summed E-state index contributed by atoms with van der Waals surface area (Å²) in [5.41, 5.74) is 1.97. The normalized spacial score (nSPS) is 10.6. The fraction of sp³-hybridized carbons (Fsp3) is 0.222. The molecule has 2 aromatic rings. The van der Waals surface area contributed by atoms with Gasteiger partial charge in [0.25, 0.3) is 0 Å². The molecule has 1 aromatic heterocycles. The van der Waals surface area contributed by atoms with E-state index in [0.717, 1.165) is 27.7 Å². The third-order valence-corrected chi connectivity index (χ3v) is 2.54. The number of rotatable bonds is 2. The van der Waals surface area contributed by atoms with E-state index in [-0.39, 0.29) is 0 Å². The minimum absolute atomic E-state index is 0.774. The Bertz CT molecular complexity index is 424. The summed E-state index contributed by atoms with van der Waals surface area (Å²) in [5, 5.41) is 9.02. The summed E-state index contributed by atoms with van der Waals surface area (Å²) in [6.45, 7) is 0. The average molecular weight is 241 g/mol. The number of aromatic nitrogens is 2. The fourth-order valence-corrected chi connectivity index (χ4v) is 1.76. The molecule has 0 spiro atoms. The summed E-state index contributed by atoms with van der Waals surface area (Å²) in [4.78, 5) is 0. The molecule has 3 nitrogen and oxygen atoms in total. The van der Waals surface area contributed by atoms with Gasteiger partial charge in [0, 0.05) is 10.7 Å². The molecule has 0 unspecified atom stereocenters. The van der Waals surface area contributed by atoms with Crippen molar-refractivity contribution in [3.8, 4) is 5.75 Å². The Hall–Kier alpha value is -1.03. The number of aromatic amines is 1. The second-order valence-electron chi connectivity index (χ2n) is 2.69. The van der Waals surface area contributed by atoms with Gasteiger partial charge in [0.05, 0.1) is 12.8 Å². The molecular weight excluding hydrogens is 232 g/mol. The molecule has 13 heavy (non-hydrogen) atoms. The summed E-state index contributed by atoms with van der Waals surface area (Å²) in [7, 11) is 1.65. The molecule has 0 atom stereocenters. The minimum atomic E-state index is 0.774. The lowest BCUT2D eigenvalue weighted by Gasteiger charge is -1.98. The van der Waals surface area contributed by atoms with Gasteiger partial charge in [-0.05, 0) is 6.07 Å². The van der Waals surface area contributed by atoms with Crippen molar-refractivity contribution in [3.05, 3.63) is 23.9 Å². The van der Waals surface area contributed by atoms with E-state index >= 15 is 0 Å². The van der Waals surface area contributed by atoms with Crippen LogP contribution in [0.1, 0.15) is 5.69 Å². The number of H-pyrrole nitrogens is 1. The van der Waals surface area contributed by atoms with E-state index in [1.165, 1.54) is 0 Å². The highest BCUT2D eigenvalue weighted by molar-refractivity contribution is 9.08. The molecule has 0 aliphatic carbocycles. The number of hydrogen-bond acceptors (Lipinski definition) is 2. The number of hydrogen-bond donors (Lipinski definition) is 1. The molecular formula is C9H9BrN2O. The maximum absolute atomic E-state index is 5.19. The van der Waals surface area contributed by atoms with Gasteiger partial charge in [0.2, 0.25) is 0 Å². The van der Waals surface area contributed by atoms with Gasteiger partial charge in [-0.25, -0.2) is 0 Å². The van der Waals surface area contributed by atoms with Gasteiger partial charge in [0.1, 0.15) is 11.3 Å². The van der Waals surface area contributed by atoms with E-state index in [0.29, 0.717) is 0 Å². The molecule has 0 aliphatic heterocycles. The molecule has 0 amide bonds. The first-order valence-electron chi connectivity index (χ1n) is 3.92. The van der Waals surface area contributed by atoms with Gasteiger partial charge < -0.3 is 4.74 Å². The first-order chi connectivity index (χ1) is 6.36. The Balaban J connectivity index is 2.72. The number of methoxy groups -OCH3 is 1. The Kier molecular flexibility index (Phi) is 2.22. The summed E-state index contributed by atoms with van der Waals surface area (Å²) >= 11 is 3.39. The van der Waals surface area contributed by atoms with Crippen molar-refractivity contribution >= 4 is 26.8 Å². The quantitative estimate of drug-likeness (QED) is 0.820. The topological polar surface area (TPSA) is 37.9 Å². The maximum Gasteiger partial charge on any atom is 0.146 e.